The molecule has 0 rings (SSSR count). The molecule has 0 aliphatic carbocycles. The third kappa shape index (κ3) is 10.5. The summed E-state index contributed by atoms with van der Waals surface area (Å²) in [5.74, 6) is -1.23. The van der Waals surface area contributed by atoms with E-state index < -0.39 is 42.0 Å². The van der Waals surface area contributed by atoms with Crippen molar-refractivity contribution in [1.29, 1.82) is 0 Å². The van der Waals surface area contributed by atoms with Crippen LogP contribution in [0.4, 0.5) is 0 Å². The summed E-state index contributed by atoms with van der Waals surface area (Å²) >= 11 is 0. The molecule has 11 heteroatoms. The van der Waals surface area contributed by atoms with Gasteiger partial charge in [-0.2, -0.15) is 0 Å². The maximum absolute atomic E-state index is 12.3. The van der Waals surface area contributed by atoms with Crippen molar-refractivity contribution < 1.29 is 19.5 Å². The highest BCUT2D eigenvalue weighted by Crippen LogP contribution is 2.39. The molecule has 0 radical (unpaired) electrons. The van der Waals surface area contributed by atoms with Gasteiger partial charge in [0.05, 0.1) is 12.1 Å². The van der Waals surface area contributed by atoms with Crippen molar-refractivity contribution in [3.05, 3.63) is 0 Å². The fourth-order valence-electron chi connectivity index (χ4n) is 2.53. The molecule has 0 aliphatic rings. The molecule has 4 atom stereocenters. The first kappa shape index (κ1) is 27.0. The third-order valence-corrected chi connectivity index (χ3v) is 7.07. The molecule has 9 N–H and O–H groups in total. The molecule has 0 spiro atoms. The minimum Gasteiger partial charge on any atom is -0.391 e. The van der Waals surface area contributed by atoms with Gasteiger partial charge in [0.2, 0.25) is 17.7 Å². The van der Waals surface area contributed by atoms with E-state index in [1.807, 2.05) is 0 Å². The summed E-state index contributed by atoms with van der Waals surface area (Å²) in [6.07, 6.45) is -0.173. The van der Waals surface area contributed by atoms with E-state index in [-0.39, 0.29) is 11.3 Å². The minimum absolute atomic E-state index is 0.0447. The summed E-state index contributed by atoms with van der Waals surface area (Å²) in [6, 6.07) is -3.22. The van der Waals surface area contributed by atoms with Crippen LogP contribution in [0.1, 0.15) is 41.0 Å². The van der Waals surface area contributed by atoms with Crippen molar-refractivity contribution in [2.75, 3.05) is 12.3 Å². The number of primary amides is 1. The Morgan fingerprint density at radius 1 is 1.11 bits per heavy atom. The topological polar surface area (TPSA) is 174 Å². The van der Waals surface area contributed by atoms with Crippen molar-refractivity contribution in [2.24, 2.45) is 23.1 Å². The van der Waals surface area contributed by atoms with E-state index in [1.165, 1.54) is 17.7 Å². The SMILES string of the molecule is CC(C)CC(C)(C)SSC[C@@H](N)C(=O)N[C@H](C(=O)N[C@@H](CN)C(N)=O)[C@@H](C)O. The lowest BCUT2D eigenvalue weighted by Crippen LogP contribution is -2.60. The molecule has 0 aromatic carbocycles. The molecule has 0 heterocycles. The van der Waals surface area contributed by atoms with E-state index in [0.717, 1.165) is 6.42 Å². The van der Waals surface area contributed by atoms with E-state index in [0.29, 0.717) is 11.7 Å². The number of aliphatic hydroxyl groups excluding tert-OH is 1. The second-order valence-electron chi connectivity index (χ2n) is 7.76. The molecule has 0 saturated carbocycles. The quantitative estimate of drug-likeness (QED) is 0.205. The number of amides is 3. The average Bonchev–Trinajstić information content (AvgIpc) is 2.54. The van der Waals surface area contributed by atoms with Crippen LogP contribution >= 0.6 is 21.6 Å². The lowest BCUT2D eigenvalue weighted by Gasteiger charge is -2.26. The van der Waals surface area contributed by atoms with Crippen LogP contribution in [0.2, 0.25) is 0 Å². The maximum Gasteiger partial charge on any atom is 0.245 e. The smallest absolute Gasteiger partial charge is 0.245 e. The Kier molecular flexibility index (Phi) is 12.1. The number of hydrogen-bond donors (Lipinski definition) is 6. The Balaban J connectivity index is 4.71. The number of rotatable bonds is 13. The second kappa shape index (κ2) is 12.5. The maximum atomic E-state index is 12.3. The van der Waals surface area contributed by atoms with E-state index in [9.17, 15) is 19.5 Å². The van der Waals surface area contributed by atoms with Gasteiger partial charge in [0.15, 0.2) is 0 Å². The van der Waals surface area contributed by atoms with Gasteiger partial charge in [0.1, 0.15) is 12.1 Å². The van der Waals surface area contributed by atoms with Crippen LogP contribution in [-0.4, -0.2) is 64.1 Å². The van der Waals surface area contributed by atoms with Crippen molar-refractivity contribution >= 4 is 39.3 Å². The van der Waals surface area contributed by atoms with Crippen LogP contribution in [0, 0.1) is 5.92 Å². The molecule has 0 aromatic rings. The predicted octanol–water partition coefficient (Wildman–Crippen LogP) is -0.686. The number of nitrogens with one attached hydrogen (secondary N) is 2. The minimum atomic E-state index is -1.28. The van der Waals surface area contributed by atoms with Crippen molar-refractivity contribution in [3.63, 3.8) is 0 Å². The first-order chi connectivity index (χ1) is 12.8. The zero-order valence-corrected chi connectivity index (χ0v) is 18.9. The van der Waals surface area contributed by atoms with Gasteiger partial charge in [0.25, 0.3) is 0 Å². The van der Waals surface area contributed by atoms with Crippen LogP contribution in [-0.2, 0) is 14.4 Å². The van der Waals surface area contributed by atoms with Gasteiger partial charge in [-0.05, 0) is 33.1 Å². The fraction of sp³-hybridized carbons (Fsp3) is 0.824. The molecule has 0 aliphatic heterocycles. The van der Waals surface area contributed by atoms with Crippen LogP contribution in [0.5, 0.6) is 0 Å². The van der Waals surface area contributed by atoms with Crippen LogP contribution in [0.25, 0.3) is 0 Å². The van der Waals surface area contributed by atoms with Gasteiger partial charge in [-0.3, -0.25) is 14.4 Å². The van der Waals surface area contributed by atoms with Gasteiger partial charge in [0, 0.05) is 17.0 Å². The zero-order chi connectivity index (χ0) is 22.1. The van der Waals surface area contributed by atoms with E-state index >= 15 is 0 Å². The van der Waals surface area contributed by atoms with Gasteiger partial charge in [-0.15, -0.1) is 0 Å². The van der Waals surface area contributed by atoms with Crippen molar-refractivity contribution in [3.8, 4) is 0 Å². The van der Waals surface area contributed by atoms with Crippen LogP contribution in [0.3, 0.4) is 0 Å². The van der Waals surface area contributed by atoms with Gasteiger partial charge >= 0.3 is 0 Å². The standard InChI is InChI=1S/C17H35N5O4S2/c1-9(2)6-17(4,5)28-27-8-11(19)15(25)22-13(10(3)23)16(26)21-12(7-18)14(20)24/h9-13,23H,6-8,18-19H2,1-5H3,(H2,20,24)(H,21,26)(H,22,25)/t10-,11-,12+,13+/m1/s1. The Morgan fingerprint density at radius 2 is 1.68 bits per heavy atom. The normalized spacial score (nSPS) is 16.2. The van der Waals surface area contributed by atoms with E-state index in [2.05, 4.69) is 38.3 Å². The molecule has 9 nitrogen and oxygen atoms in total. The third-order valence-electron chi connectivity index (χ3n) is 3.73. The first-order valence-electron chi connectivity index (χ1n) is 9.15. The largest absolute Gasteiger partial charge is 0.391 e. The lowest BCUT2D eigenvalue weighted by molar-refractivity contribution is -0.133. The highest BCUT2D eigenvalue weighted by atomic mass is 33.1. The molecular weight excluding hydrogens is 402 g/mol. The van der Waals surface area contributed by atoms with E-state index in [1.54, 1.807) is 10.8 Å². The number of aliphatic hydroxyl groups is 1. The van der Waals surface area contributed by atoms with Crippen molar-refractivity contribution in [1.82, 2.24) is 10.6 Å². The lowest BCUT2D eigenvalue weighted by atomic mass is 10.0. The number of carbonyl (C=O) groups is 3. The van der Waals surface area contributed by atoms with Gasteiger partial charge in [-0.1, -0.05) is 35.4 Å². The molecule has 0 unspecified atom stereocenters. The zero-order valence-electron chi connectivity index (χ0n) is 17.2. The summed E-state index contributed by atoms with van der Waals surface area (Å²) in [5.41, 5.74) is 16.4. The predicted molar refractivity (Wildman–Crippen MR) is 115 cm³/mol. The molecule has 0 bridgehead atoms. The van der Waals surface area contributed by atoms with E-state index in [4.69, 9.17) is 17.2 Å². The summed E-state index contributed by atoms with van der Waals surface area (Å²) in [6.45, 7) is 9.73. The summed E-state index contributed by atoms with van der Waals surface area (Å²) in [4.78, 5) is 35.8. The first-order valence-corrected chi connectivity index (χ1v) is 11.5. The number of nitrogens with two attached hydrogens (primary N) is 3. The number of hydrogen-bond acceptors (Lipinski definition) is 8. The van der Waals surface area contributed by atoms with Gasteiger partial charge < -0.3 is 32.9 Å². The van der Waals surface area contributed by atoms with Gasteiger partial charge in [-0.25, -0.2) is 0 Å². The molecule has 0 saturated heterocycles. The highest BCUT2D eigenvalue weighted by Gasteiger charge is 2.30. The summed E-state index contributed by atoms with van der Waals surface area (Å²) in [7, 11) is 3.15. The Bertz CT molecular complexity index is 532. The molecule has 3 amide bonds. The molecule has 0 aromatic heterocycles. The van der Waals surface area contributed by atoms with Crippen LogP contribution in [0.15, 0.2) is 0 Å². The number of carbonyl (C=O) groups excluding carboxylic acids is 3. The Hall–Kier alpha value is -1.01. The monoisotopic (exact) mass is 437 g/mol. The highest BCUT2D eigenvalue weighted by molar-refractivity contribution is 8.77. The fourth-order valence-corrected chi connectivity index (χ4v) is 5.42. The summed E-state index contributed by atoms with van der Waals surface area (Å²) in [5, 5.41) is 14.6. The molecular formula is C17H35N5O4S2. The molecule has 0 fully saturated rings. The Labute approximate surface area is 175 Å². The van der Waals surface area contributed by atoms with Crippen LogP contribution < -0.4 is 27.8 Å². The average molecular weight is 438 g/mol. The molecule has 28 heavy (non-hydrogen) atoms. The summed E-state index contributed by atoms with van der Waals surface area (Å²) < 4.78 is 0.0447. The second-order valence-corrected chi connectivity index (χ2v) is 10.8. The Morgan fingerprint density at radius 3 is 2.11 bits per heavy atom. The van der Waals surface area contributed by atoms with Crippen molar-refractivity contribution in [2.45, 2.75) is 70.0 Å². The molecule has 164 valence electrons.